The van der Waals surface area contributed by atoms with E-state index in [0.29, 0.717) is 0 Å². The molecule has 2 aromatic carbocycles. The second-order valence-corrected chi connectivity index (χ2v) is 7.32. The highest BCUT2D eigenvalue weighted by Gasteiger charge is 2.33. The maximum Gasteiger partial charge on any atom is 0.417 e. The first-order valence-corrected chi connectivity index (χ1v) is 9.00. The van der Waals surface area contributed by atoms with Gasteiger partial charge in [-0.1, -0.05) is 0 Å². The molecule has 2 N–H and O–H groups in total. The molecular formula is C16H8F6I2O4. The quantitative estimate of drug-likeness (QED) is 0.314. The predicted molar refractivity (Wildman–Crippen MR) is 102 cm³/mol. The number of carboxylic acids is 2. The van der Waals surface area contributed by atoms with Gasteiger partial charge in [0.25, 0.3) is 0 Å². The molecule has 0 aromatic heterocycles. The molecule has 0 spiro atoms. The average molecular weight is 632 g/mol. The summed E-state index contributed by atoms with van der Waals surface area (Å²) >= 11 is 2.92. The lowest BCUT2D eigenvalue weighted by Gasteiger charge is -2.08. The topological polar surface area (TPSA) is 74.6 Å². The van der Waals surface area contributed by atoms with Crippen LogP contribution in [0.15, 0.2) is 36.4 Å². The van der Waals surface area contributed by atoms with Gasteiger partial charge < -0.3 is 10.2 Å². The van der Waals surface area contributed by atoms with Gasteiger partial charge in [-0.15, -0.1) is 0 Å². The van der Waals surface area contributed by atoms with Crippen LogP contribution in [0, 0.1) is 7.14 Å². The van der Waals surface area contributed by atoms with Crippen LogP contribution in [-0.4, -0.2) is 22.2 Å². The van der Waals surface area contributed by atoms with Crippen molar-refractivity contribution in [1.82, 2.24) is 0 Å². The number of aromatic carboxylic acids is 2. The van der Waals surface area contributed by atoms with Crippen LogP contribution in [0.2, 0.25) is 0 Å². The second-order valence-electron chi connectivity index (χ2n) is 5.00. The van der Waals surface area contributed by atoms with Crippen LogP contribution in [0.1, 0.15) is 31.8 Å². The SMILES string of the molecule is O=C(O)c1ccc(C(F)(F)F)c(I)c1.O=C(O)c1ccc(C(F)(F)F)c(I)c1. The summed E-state index contributed by atoms with van der Waals surface area (Å²) in [7, 11) is 0. The monoisotopic (exact) mass is 632 g/mol. The van der Waals surface area contributed by atoms with Crippen LogP contribution in [0.25, 0.3) is 0 Å². The summed E-state index contributed by atoms with van der Waals surface area (Å²) in [5.74, 6) is -2.48. The molecule has 0 radical (unpaired) electrons. The summed E-state index contributed by atoms with van der Waals surface area (Å²) in [6.07, 6.45) is -8.87. The van der Waals surface area contributed by atoms with Gasteiger partial charge in [0.05, 0.1) is 22.3 Å². The largest absolute Gasteiger partial charge is 0.478 e. The first-order valence-electron chi connectivity index (χ1n) is 6.84. The molecule has 0 aliphatic carbocycles. The molecule has 2 rings (SSSR count). The van der Waals surface area contributed by atoms with E-state index in [-0.39, 0.29) is 18.3 Å². The zero-order chi connectivity index (χ0) is 21.9. The van der Waals surface area contributed by atoms with Crippen molar-refractivity contribution < 1.29 is 46.1 Å². The van der Waals surface area contributed by atoms with E-state index in [0.717, 1.165) is 36.4 Å². The van der Waals surface area contributed by atoms with Crippen LogP contribution in [0.5, 0.6) is 0 Å². The fraction of sp³-hybridized carbons (Fsp3) is 0.125. The van der Waals surface area contributed by atoms with E-state index in [1.807, 2.05) is 0 Å². The number of hydrogen-bond acceptors (Lipinski definition) is 2. The molecule has 12 heteroatoms. The Bertz CT molecular complexity index is 820. The van der Waals surface area contributed by atoms with E-state index in [1.165, 1.54) is 45.2 Å². The standard InChI is InChI=1S/2C8H4F3IO2/c2*9-8(10,11)5-2-1-4(7(13)14)3-6(5)12/h2*1-3H,(H,13,14). The third-order valence-electron chi connectivity index (χ3n) is 3.04. The van der Waals surface area contributed by atoms with Crippen LogP contribution in [0.4, 0.5) is 26.3 Å². The highest BCUT2D eigenvalue weighted by Crippen LogP contribution is 2.34. The molecule has 152 valence electrons. The minimum absolute atomic E-state index is 0.116. The van der Waals surface area contributed by atoms with Crippen molar-refractivity contribution in [2.45, 2.75) is 12.4 Å². The first kappa shape index (κ1) is 24.5. The Balaban J connectivity index is 0.000000280. The van der Waals surface area contributed by atoms with Crippen molar-refractivity contribution in [3.8, 4) is 0 Å². The number of rotatable bonds is 2. The highest BCUT2D eigenvalue weighted by molar-refractivity contribution is 14.1. The maximum atomic E-state index is 12.2. The van der Waals surface area contributed by atoms with Gasteiger partial charge in [0.15, 0.2) is 0 Å². The Labute approximate surface area is 180 Å². The van der Waals surface area contributed by atoms with Gasteiger partial charge in [-0.3, -0.25) is 0 Å². The lowest BCUT2D eigenvalue weighted by molar-refractivity contribution is -0.139. The molecule has 4 nitrogen and oxygen atoms in total. The zero-order valence-electron chi connectivity index (χ0n) is 13.2. The summed E-state index contributed by atoms with van der Waals surface area (Å²) in [5, 5.41) is 17.0. The molecule has 0 fully saturated rings. The molecule has 2 aromatic rings. The molecule has 0 aliphatic heterocycles. The zero-order valence-corrected chi connectivity index (χ0v) is 17.5. The van der Waals surface area contributed by atoms with Crippen molar-refractivity contribution in [3.63, 3.8) is 0 Å². The van der Waals surface area contributed by atoms with Crippen molar-refractivity contribution in [2.24, 2.45) is 0 Å². The molecule has 0 atom stereocenters. The fourth-order valence-corrected chi connectivity index (χ4v) is 3.40. The molecular weight excluding hydrogens is 624 g/mol. The van der Waals surface area contributed by atoms with Crippen molar-refractivity contribution >= 4 is 57.1 Å². The fourth-order valence-electron chi connectivity index (χ4n) is 1.76. The molecule has 0 unspecified atom stereocenters. The Morgan fingerprint density at radius 3 is 1.14 bits per heavy atom. The first-order chi connectivity index (χ1) is 12.6. The molecule has 0 aliphatic rings. The lowest BCUT2D eigenvalue weighted by Crippen LogP contribution is -2.08. The van der Waals surface area contributed by atoms with E-state index in [1.54, 1.807) is 0 Å². The Morgan fingerprint density at radius 1 is 0.679 bits per heavy atom. The molecule has 0 saturated carbocycles. The van der Waals surface area contributed by atoms with Crippen molar-refractivity contribution in [3.05, 3.63) is 65.8 Å². The lowest BCUT2D eigenvalue weighted by atomic mass is 10.1. The third-order valence-corrected chi connectivity index (χ3v) is 4.83. The summed E-state index contributed by atoms with van der Waals surface area (Å²) < 4.78 is 73.1. The van der Waals surface area contributed by atoms with Gasteiger partial charge >= 0.3 is 24.3 Å². The highest BCUT2D eigenvalue weighted by atomic mass is 127. The number of hydrogen-bond donors (Lipinski definition) is 2. The Hall–Kier alpha value is -1.58. The van der Waals surface area contributed by atoms with Crippen LogP contribution in [0.3, 0.4) is 0 Å². The van der Waals surface area contributed by atoms with Gasteiger partial charge in [-0.25, -0.2) is 9.59 Å². The molecule has 0 heterocycles. The van der Waals surface area contributed by atoms with Gasteiger partial charge in [-0.05, 0) is 81.6 Å². The number of alkyl halides is 6. The molecule has 28 heavy (non-hydrogen) atoms. The Morgan fingerprint density at radius 2 is 0.964 bits per heavy atom. The minimum Gasteiger partial charge on any atom is -0.478 e. The van der Waals surface area contributed by atoms with Gasteiger partial charge in [0.1, 0.15) is 0 Å². The van der Waals surface area contributed by atoms with E-state index >= 15 is 0 Å². The van der Waals surface area contributed by atoms with Gasteiger partial charge in [-0.2, -0.15) is 26.3 Å². The summed E-state index contributed by atoms with van der Waals surface area (Å²) in [4.78, 5) is 20.9. The third kappa shape index (κ3) is 6.79. The van der Waals surface area contributed by atoms with Crippen molar-refractivity contribution in [2.75, 3.05) is 0 Å². The van der Waals surface area contributed by atoms with Gasteiger partial charge in [0.2, 0.25) is 0 Å². The molecule has 0 bridgehead atoms. The number of benzene rings is 2. The summed E-state index contributed by atoms with van der Waals surface area (Å²) in [6.45, 7) is 0. The molecule has 0 amide bonds. The van der Waals surface area contributed by atoms with Crippen LogP contribution >= 0.6 is 45.2 Å². The Kier molecular flexibility index (Phi) is 8.10. The van der Waals surface area contributed by atoms with Crippen LogP contribution < -0.4 is 0 Å². The van der Waals surface area contributed by atoms with Crippen LogP contribution in [-0.2, 0) is 12.4 Å². The summed E-state index contributed by atoms with van der Waals surface area (Å²) in [5.41, 5.74) is -1.93. The number of carbonyl (C=O) groups is 2. The second kappa shape index (κ2) is 9.28. The number of halogens is 8. The summed E-state index contributed by atoms with van der Waals surface area (Å²) in [6, 6.07) is 5.40. The smallest absolute Gasteiger partial charge is 0.417 e. The van der Waals surface area contributed by atoms with Gasteiger partial charge in [0, 0.05) is 7.14 Å². The van der Waals surface area contributed by atoms with E-state index in [9.17, 15) is 35.9 Å². The minimum atomic E-state index is -4.44. The van der Waals surface area contributed by atoms with E-state index in [4.69, 9.17) is 10.2 Å². The van der Waals surface area contributed by atoms with E-state index < -0.39 is 35.4 Å². The average Bonchev–Trinajstić information content (AvgIpc) is 2.52. The normalized spacial score (nSPS) is 11.4. The van der Waals surface area contributed by atoms with Crippen molar-refractivity contribution in [1.29, 1.82) is 0 Å². The van der Waals surface area contributed by atoms with E-state index in [2.05, 4.69) is 0 Å². The maximum absolute atomic E-state index is 12.2. The molecule has 0 saturated heterocycles. The predicted octanol–water partition coefficient (Wildman–Crippen LogP) is 6.02. The number of carboxylic acid groups (broad SMARTS) is 2.